The molecule has 0 aliphatic carbocycles. The molecule has 0 heterocycles. The molecule has 312 valence electrons. The number of carbonyl (C=O) groups is 1. The summed E-state index contributed by atoms with van der Waals surface area (Å²) < 4.78 is 35.0. The van der Waals surface area contributed by atoms with E-state index in [-0.39, 0.29) is 25.8 Å². The van der Waals surface area contributed by atoms with E-state index in [2.05, 4.69) is 50.3 Å². The van der Waals surface area contributed by atoms with E-state index in [1.807, 2.05) is 21.1 Å². The maximum atomic E-state index is 12.7. The summed E-state index contributed by atoms with van der Waals surface area (Å²) in [5.41, 5.74) is 0. The second kappa shape index (κ2) is 37.6. The van der Waals surface area contributed by atoms with E-state index in [0.717, 1.165) is 57.8 Å². The van der Waals surface area contributed by atoms with Gasteiger partial charge in [0, 0.05) is 13.0 Å². The van der Waals surface area contributed by atoms with E-state index in [9.17, 15) is 14.3 Å². The highest BCUT2D eigenvalue weighted by Crippen LogP contribution is 2.43. The van der Waals surface area contributed by atoms with Crippen LogP contribution in [0, 0.1) is 0 Å². The number of phosphoric ester groups is 1. The number of nitrogens with zero attached hydrogens (tertiary/aromatic N) is 1. The Bertz CT molecular complexity index is 947. The molecule has 0 aliphatic rings. The molecule has 8 nitrogen and oxygen atoms in total. The Kier molecular flexibility index (Phi) is 36.7. The van der Waals surface area contributed by atoms with Crippen LogP contribution in [0.5, 0.6) is 0 Å². The molecular formula is C44H85NO7P+. The van der Waals surface area contributed by atoms with Gasteiger partial charge in [-0.05, 0) is 70.6 Å². The number of likely N-dealkylation sites (N-methyl/N-ethyl adjacent to an activating group) is 1. The van der Waals surface area contributed by atoms with E-state index >= 15 is 0 Å². The fourth-order valence-corrected chi connectivity index (χ4v) is 6.49. The second-order valence-corrected chi connectivity index (χ2v) is 17.2. The summed E-state index contributed by atoms with van der Waals surface area (Å²) in [5.74, 6) is -0.327. The first-order chi connectivity index (χ1) is 25.6. The first kappa shape index (κ1) is 51.7. The molecule has 0 aromatic rings. The van der Waals surface area contributed by atoms with Crippen molar-refractivity contribution in [3.05, 3.63) is 36.5 Å². The predicted octanol–water partition coefficient (Wildman–Crippen LogP) is 12.6. The zero-order chi connectivity index (χ0) is 39.1. The van der Waals surface area contributed by atoms with Gasteiger partial charge in [-0.3, -0.25) is 13.8 Å². The minimum Gasteiger partial charge on any atom is -0.457 e. The predicted molar refractivity (Wildman–Crippen MR) is 224 cm³/mol. The third kappa shape index (κ3) is 41.7. The monoisotopic (exact) mass is 771 g/mol. The Morgan fingerprint density at radius 3 is 1.58 bits per heavy atom. The van der Waals surface area contributed by atoms with Crippen molar-refractivity contribution in [2.75, 3.05) is 54.1 Å². The molecule has 0 radical (unpaired) electrons. The number of carbonyl (C=O) groups excluding carboxylic acids is 1. The minimum absolute atomic E-state index is 0.0846. The molecule has 53 heavy (non-hydrogen) atoms. The Labute approximate surface area is 327 Å². The lowest BCUT2D eigenvalue weighted by molar-refractivity contribution is -0.870. The van der Waals surface area contributed by atoms with Crippen molar-refractivity contribution < 1.29 is 37.3 Å². The molecule has 2 atom stereocenters. The molecule has 0 aromatic carbocycles. The Balaban J connectivity index is 4.28. The number of esters is 1. The van der Waals surface area contributed by atoms with Crippen LogP contribution in [-0.4, -0.2) is 75.6 Å². The summed E-state index contributed by atoms with van der Waals surface area (Å²) in [4.78, 5) is 22.9. The van der Waals surface area contributed by atoms with Crippen LogP contribution in [-0.2, 0) is 27.9 Å². The van der Waals surface area contributed by atoms with E-state index in [0.29, 0.717) is 24.1 Å². The first-order valence-electron chi connectivity index (χ1n) is 21.7. The van der Waals surface area contributed by atoms with Gasteiger partial charge in [0.25, 0.3) is 0 Å². The van der Waals surface area contributed by atoms with Gasteiger partial charge in [0.15, 0.2) is 0 Å². The fraction of sp³-hybridized carbons (Fsp3) is 0.841. The number of quaternary nitrogens is 1. The van der Waals surface area contributed by atoms with Gasteiger partial charge in [-0.2, -0.15) is 0 Å². The topological polar surface area (TPSA) is 91.3 Å². The van der Waals surface area contributed by atoms with Crippen molar-refractivity contribution in [1.29, 1.82) is 0 Å². The highest BCUT2D eigenvalue weighted by atomic mass is 31.2. The fourth-order valence-electron chi connectivity index (χ4n) is 5.75. The number of phosphoric acid groups is 1. The lowest BCUT2D eigenvalue weighted by Gasteiger charge is -2.24. The summed E-state index contributed by atoms with van der Waals surface area (Å²) in [6.07, 6.45) is 43.1. The van der Waals surface area contributed by atoms with Gasteiger partial charge in [-0.15, -0.1) is 0 Å². The van der Waals surface area contributed by atoms with Crippen molar-refractivity contribution in [1.82, 2.24) is 0 Å². The molecule has 9 heteroatoms. The van der Waals surface area contributed by atoms with Crippen LogP contribution in [0.3, 0.4) is 0 Å². The summed E-state index contributed by atoms with van der Waals surface area (Å²) in [5, 5.41) is 0. The summed E-state index contributed by atoms with van der Waals surface area (Å²) in [7, 11) is 1.65. The summed E-state index contributed by atoms with van der Waals surface area (Å²) in [6, 6.07) is 0. The van der Waals surface area contributed by atoms with Gasteiger partial charge in [-0.1, -0.05) is 140 Å². The SMILES string of the molecule is CCCCC/C=C\C/C=C\CCCCCCCCOCC(COP(=O)(O)OCC[N+](C)(C)C)OC(=O)CCCCCCC/C=C\CCCCCCCC. The van der Waals surface area contributed by atoms with Gasteiger partial charge in [0.1, 0.15) is 19.3 Å². The molecule has 0 fully saturated rings. The van der Waals surface area contributed by atoms with E-state index in [1.165, 1.54) is 103 Å². The van der Waals surface area contributed by atoms with Gasteiger partial charge >= 0.3 is 13.8 Å². The number of hydrogen-bond acceptors (Lipinski definition) is 6. The standard InChI is InChI=1S/C44H84NO7P/c1-6-8-10-12-14-16-18-20-22-24-26-28-30-32-34-36-39-49-41-43(42-51-53(47,48)50-40-38-45(3,4)5)52-44(46)37-35-33-31-29-27-25-23-21-19-17-15-13-11-9-7-2/h14,16,20-23,43H,6-13,15,17-19,24-42H2,1-5H3/p+1/b16-14-,22-20-,23-21-. The van der Waals surface area contributed by atoms with Crippen LogP contribution in [0.2, 0.25) is 0 Å². The highest BCUT2D eigenvalue weighted by molar-refractivity contribution is 7.47. The van der Waals surface area contributed by atoms with Crippen LogP contribution >= 0.6 is 7.82 Å². The molecule has 0 spiro atoms. The van der Waals surface area contributed by atoms with Crippen LogP contribution in [0.1, 0.15) is 181 Å². The van der Waals surface area contributed by atoms with E-state index in [1.54, 1.807) is 0 Å². The van der Waals surface area contributed by atoms with Crippen LogP contribution in [0.15, 0.2) is 36.5 Å². The lowest BCUT2D eigenvalue weighted by Crippen LogP contribution is -2.37. The average Bonchev–Trinajstić information content (AvgIpc) is 3.11. The molecule has 0 aliphatic heterocycles. The van der Waals surface area contributed by atoms with Crippen LogP contribution in [0.4, 0.5) is 0 Å². The molecule has 0 amide bonds. The summed E-state index contributed by atoms with van der Waals surface area (Å²) in [6.45, 7) is 5.56. The molecule has 2 unspecified atom stereocenters. The zero-order valence-electron chi connectivity index (χ0n) is 35.3. The van der Waals surface area contributed by atoms with Gasteiger partial charge in [-0.25, -0.2) is 4.57 Å². The Morgan fingerprint density at radius 2 is 1.04 bits per heavy atom. The maximum Gasteiger partial charge on any atom is 0.472 e. The zero-order valence-corrected chi connectivity index (χ0v) is 36.1. The number of unbranched alkanes of at least 4 members (excludes halogenated alkanes) is 20. The largest absolute Gasteiger partial charge is 0.472 e. The molecule has 0 bridgehead atoms. The number of ether oxygens (including phenoxy) is 2. The molecule has 0 saturated heterocycles. The molecule has 1 N–H and O–H groups in total. The number of hydrogen-bond donors (Lipinski definition) is 1. The minimum atomic E-state index is -4.28. The van der Waals surface area contributed by atoms with Crippen molar-refractivity contribution in [3.63, 3.8) is 0 Å². The molecular weight excluding hydrogens is 685 g/mol. The Hall–Kier alpha value is -1.28. The van der Waals surface area contributed by atoms with E-state index < -0.39 is 13.9 Å². The molecule has 0 rings (SSSR count). The smallest absolute Gasteiger partial charge is 0.457 e. The van der Waals surface area contributed by atoms with Crippen molar-refractivity contribution in [3.8, 4) is 0 Å². The third-order valence-electron chi connectivity index (χ3n) is 9.17. The van der Waals surface area contributed by atoms with Crippen molar-refractivity contribution >= 4 is 13.8 Å². The molecule has 0 saturated carbocycles. The van der Waals surface area contributed by atoms with Crippen molar-refractivity contribution in [2.45, 2.75) is 187 Å². The lowest BCUT2D eigenvalue weighted by atomic mass is 10.1. The van der Waals surface area contributed by atoms with Crippen molar-refractivity contribution in [2.24, 2.45) is 0 Å². The van der Waals surface area contributed by atoms with Gasteiger partial charge in [0.05, 0.1) is 34.4 Å². The van der Waals surface area contributed by atoms with Crippen LogP contribution in [0.25, 0.3) is 0 Å². The maximum absolute atomic E-state index is 12.7. The van der Waals surface area contributed by atoms with Gasteiger partial charge in [0.2, 0.25) is 0 Å². The highest BCUT2D eigenvalue weighted by Gasteiger charge is 2.26. The number of rotatable bonds is 40. The first-order valence-corrected chi connectivity index (χ1v) is 23.2. The summed E-state index contributed by atoms with van der Waals surface area (Å²) >= 11 is 0. The molecule has 0 aromatic heterocycles. The second-order valence-electron chi connectivity index (χ2n) is 15.7. The Morgan fingerprint density at radius 1 is 0.585 bits per heavy atom. The third-order valence-corrected chi connectivity index (χ3v) is 10.2. The van der Waals surface area contributed by atoms with Crippen LogP contribution < -0.4 is 0 Å². The van der Waals surface area contributed by atoms with E-state index in [4.69, 9.17) is 18.5 Å². The van der Waals surface area contributed by atoms with Gasteiger partial charge < -0.3 is 18.9 Å². The number of allylic oxidation sites excluding steroid dienone is 6. The normalized spacial score (nSPS) is 14.2. The quantitative estimate of drug-likeness (QED) is 0.0218. The average molecular weight is 771 g/mol.